The van der Waals surface area contributed by atoms with Gasteiger partial charge in [0, 0.05) is 13.1 Å². The van der Waals surface area contributed by atoms with E-state index in [0.717, 1.165) is 10.6 Å². The topological polar surface area (TPSA) is 94.2 Å². The molecule has 1 N–H and O–H groups in total. The van der Waals surface area contributed by atoms with Crippen molar-refractivity contribution < 1.29 is 27.4 Å². The zero-order valence-corrected chi connectivity index (χ0v) is 16.9. The molecule has 0 fully saturated rings. The van der Waals surface area contributed by atoms with Crippen LogP contribution in [0.4, 0.5) is 5.69 Å². The molecule has 0 bridgehead atoms. The predicted octanol–water partition coefficient (Wildman–Crippen LogP) is 1.66. The van der Waals surface area contributed by atoms with E-state index in [2.05, 4.69) is 5.32 Å². The molecular weight excluding hydrogens is 384 g/mol. The second kappa shape index (κ2) is 9.84. The highest BCUT2D eigenvalue weighted by atomic mass is 32.2. The van der Waals surface area contributed by atoms with E-state index in [0.29, 0.717) is 36.1 Å². The highest BCUT2D eigenvalue weighted by Crippen LogP contribution is 2.20. The number of hydrogen-bond acceptors (Lipinski definition) is 6. The fourth-order valence-electron chi connectivity index (χ4n) is 2.19. The Balaban J connectivity index is 1.70. The molecule has 2 rings (SSSR count). The van der Waals surface area contributed by atoms with Crippen LogP contribution in [0.1, 0.15) is 0 Å². The van der Waals surface area contributed by atoms with Gasteiger partial charge in [-0.1, -0.05) is 6.07 Å². The van der Waals surface area contributed by atoms with Crippen molar-refractivity contribution in [3.8, 4) is 17.2 Å². The van der Waals surface area contributed by atoms with Gasteiger partial charge in [0.2, 0.25) is 10.0 Å². The molecule has 2 aromatic rings. The maximum Gasteiger partial charge on any atom is 0.258 e. The molecule has 0 aliphatic carbocycles. The molecule has 1 amide bonds. The second-order valence-electron chi connectivity index (χ2n) is 5.89. The molecule has 9 heteroatoms. The Morgan fingerprint density at radius 2 is 1.71 bits per heavy atom. The second-order valence-corrected chi connectivity index (χ2v) is 7.90. The van der Waals surface area contributed by atoms with Crippen LogP contribution in [0.5, 0.6) is 17.2 Å². The molecule has 0 heterocycles. The van der Waals surface area contributed by atoms with Gasteiger partial charge in [-0.15, -0.1) is 0 Å². The number of nitrogens with zero attached hydrogens (tertiary/aromatic N) is 1. The number of rotatable bonds is 10. The Labute approximate surface area is 165 Å². The van der Waals surface area contributed by atoms with Gasteiger partial charge < -0.3 is 19.5 Å². The van der Waals surface area contributed by atoms with Crippen LogP contribution in [0.3, 0.4) is 0 Å². The van der Waals surface area contributed by atoms with Crippen molar-refractivity contribution in [1.29, 1.82) is 0 Å². The van der Waals surface area contributed by atoms with Gasteiger partial charge in [-0.3, -0.25) is 9.10 Å². The monoisotopic (exact) mass is 408 g/mol. The Kier molecular flexibility index (Phi) is 7.51. The zero-order valence-electron chi connectivity index (χ0n) is 16.0. The van der Waals surface area contributed by atoms with Gasteiger partial charge in [0.1, 0.15) is 23.9 Å². The van der Waals surface area contributed by atoms with Crippen LogP contribution in [0, 0.1) is 0 Å². The molecule has 0 saturated carbocycles. The average Bonchev–Trinajstić information content (AvgIpc) is 2.69. The number of ether oxygens (including phenoxy) is 3. The van der Waals surface area contributed by atoms with Crippen LogP contribution >= 0.6 is 0 Å². The standard InChI is InChI=1S/C19H24N2O6S/c1-21(28(3,23)24)15-7-9-16(10-8-15)27-14-19(22)20-11-12-26-18-6-4-5-17(13-18)25-2/h4-10,13H,11-12,14H2,1-3H3,(H,20,22). The Morgan fingerprint density at radius 3 is 2.36 bits per heavy atom. The fourth-order valence-corrected chi connectivity index (χ4v) is 2.70. The van der Waals surface area contributed by atoms with E-state index in [1.807, 2.05) is 12.1 Å². The first-order valence-corrected chi connectivity index (χ1v) is 10.3. The summed E-state index contributed by atoms with van der Waals surface area (Å²) in [7, 11) is -0.277. The van der Waals surface area contributed by atoms with E-state index in [1.165, 1.54) is 7.05 Å². The van der Waals surface area contributed by atoms with Crippen LogP contribution in [-0.4, -0.2) is 54.5 Å². The fraction of sp³-hybridized carbons (Fsp3) is 0.316. The van der Waals surface area contributed by atoms with Crippen molar-refractivity contribution in [3.63, 3.8) is 0 Å². The molecule has 0 aromatic heterocycles. The largest absolute Gasteiger partial charge is 0.497 e. The van der Waals surface area contributed by atoms with E-state index in [4.69, 9.17) is 14.2 Å². The number of nitrogens with one attached hydrogen (secondary N) is 1. The van der Waals surface area contributed by atoms with Crippen molar-refractivity contribution in [1.82, 2.24) is 5.32 Å². The lowest BCUT2D eigenvalue weighted by molar-refractivity contribution is -0.123. The summed E-state index contributed by atoms with van der Waals surface area (Å²) in [5.74, 6) is 1.53. The van der Waals surface area contributed by atoms with Gasteiger partial charge in [-0.2, -0.15) is 0 Å². The van der Waals surface area contributed by atoms with Gasteiger partial charge in [-0.25, -0.2) is 8.42 Å². The summed E-state index contributed by atoms with van der Waals surface area (Å²) in [5.41, 5.74) is 0.508. The van der Waals surface area contributed by atoms with E-state index in [9.17, 15) is 13.2 Å². The van der Waals surface area contributed by atoms with Crippen LogP contribution in [0.2, 0.25) is 0 Å². The maximum absolute atomic E-state index is 11.8. The van der Waals surface area contributed by atoms with Crippen molar-refractivity contribution >= 4 is 21.6 Å². The number of carbonyl (C=O) groups excluding carboxylic acids is 1. The van der Waals surface area contributed by atoms with Crippen LogP contribution in [0.25, 0.3) is 0 Å². The number of benzene rings is 2. The number of methoxy groups -OCH3 is 1. The third-order valence-corrected chi connectivity index (χ3v) is 5.01. The number of sulfonamides is 1. The quantitative estimate of drug-likeness (QED) is 0.601. The third-order valence-electron chi connectivity index (χ3n) is 3.80. The summed E-state index contributed by atoms with van der Waals surface area (Å²) >= 11 is 0. The van der Waals surface area contributed by atoms with E-state index in [-0.39, 0.29) is 12.5 Å². The van der Waals surface area contributed by atoms with Gasteiger partial charge in [0.15, 0.2) is 6.61 Å². The highest BCUT2D eigenvalue weighted by Gasteiger charge is 2.11. The van der Waals surface area contributed by atoms with Crippen molar-refractivity contribution in [2.24, 2.45) is 0 Å². The summed E-state index contributed by atoms with van der Waals surface area (Å²) in [6.45, 7) is 0.489. The summed E-state index contributed by atoms with van der Waals surface area (Å²) in [6, 6.07) is 13.6. The number of anilines is 1. The first kappa shape index (κ1) is 21.4. The maximum atomic E-state index is 11.8. The number of hydrogen-bond donors (Lipinski definition) is 1. The van der Waals surface area contributed by atoms with Gasteiger partial charge >= 0.3 is 0 Å². The molecule has 0 aliphatic rings. The predicted molar refractivity (Wildman–Crippen MR) is 107 cm³/mol. The van der Waals surface area contributed by atoms with Crippen molar-refractivity contribution in [3.05, 3.63) is 48.5 Å². The van der Waals surface area contributed by atoms with Crippen LogP contribution < -0.4 is 23.8 Å². The van der Waals surface area contributed by atoms with Crippen LogP contribution in [0.15, 0.2) is 48.5 Å². The molecule has 2 aromatic carbocycles. The summed E-state index contributed by atoms with van der Waals surface area (Å²) in [4.78, 5) is 11.8. The van der Waals surface area contributed by atoms with Gasteiger partial charge in [0.25, 0.3) is 5.91 Å². The van der Waals surface area contributed by atoms with E-state index < -0.39 is 10.0 Å². The lowest BCUT2D eigenvalue weighted by atomic mass is 10.3. The molecule has 152 valence electrons. The van der Waals surface area contributed by atoms with Crippen LogP contribution in [-0.2, 0) is 14.8 Å². The van der Waals surface area contributed by atoms with Gasteiger partial charge in [-0.05, 0) is 36.4 Å². The Hall–Kier alpha value is -2.94. The molecular formula is C19H24N2O6S. The van der Waals surface area contributed by atoms with Crippen molar-refractivity contribution in [2.75, 3.05) is 44.5 Å². The van der Waals surface area contributed by atoms with Crippen molar-refractivity contribution in [2.45, 2.75) is 0 Å². The van der Waals surface area contributed by atoms with Gasteiger partial charge in [0.05, 0.1) is 25.6 Å². The molecule has 0 saturated heterocycles. The SMILES string of the molecule is COc1cccc(OCCNC(=O)COc2ccc(N(C)S(C)(=O)=O)cc2)c1. The third kappa shape index (κ3) is 6.66. The normalized spacial score (nSPS) is 10.8. The van der Waals surface area contributed by atoms with E-state index >= 15 is 0 Å². The lowest BCUT2D eigenvalue weighted by Crippen LogP contribution is -2.32. The Morgan fingerprint density at radius 1 is 1.04 bits per heavy atom. The minimum Gasteiger partial charge on any atom is -0.497 e. The lowest BCUT2D eigenvalue weighted by Gasteiger charge is -2.16. The molecule has 0 radical (unpaired) electrons. The first-order chi connectivity index (χ1) is 13.3. The zero-order chi connectivity index (χ0) is 20.6. The first-order valence-electron chi connectivity index (χ1n) is 8.50. The molecule has 8 nitrogen and oxygen atoms in total. The molecule has 0 unspecified atom stereocenters. The molecule has 0 atom stereocenters. The number of carbonyl (C=O) groups is 1. The molecule has 0 aliphatic heterocycles. The minimum absolute atomic E-state index is 0.152. The highest BCUT2D eigenvalue weighted by molar-refractivity contribution is 7.92. The smallest absolute Gasteiger partial charge is 0.258 e. The summed E-state index contributed by atoms with van der Waals surface area (Å²) in [5, 5.41) is 2.69. The molecule has 28 heavy (non-hydrogen) atoms. The number of amides is 1. The summed E-state index contributed by atoms with van der Waals surface area (Å²) in [6.07, 6.45) is 1.12. The Bertz CT molecular complexity index is 884. The van der Waals surface area contributed by atoms with E-state index in [1.54, 1.807) is 43.5 Å². The molecule has 0 spiro atoms. The minimum atomic E-state index is -3.32. The summed E-state index contributed by atoms with van der Waals surface area (Å²) < 4.78 is 40.2. The average molecular weight is 408 g/mol.